The van der Waals surface area contributed by atoms with Crippen molar-refractivity contribution < 1.29 is 14.6 Å². The molecule has 10 heteroatoms. The highest BCUT2D eigenvalue weighted by Gasteiger charge is 2.42. The fourth-order valence-corrected chi connectivity index (χ4v) is 5.39. The van der Waals surface area contributed by atoms with Crippen LogP contribution in [0.4, 0.5) is 17.5 Å². The molecule has 2 saturated heterocycles. The second-order valence-corrected chi connectivity index (χ2v) is 9.56. The van der Waals surface area contributed by atoms with Gasteiger partial charge in [-0.1, -0.05) is 24.3 Å². The number of rotatable bonds is 7. The molecule has 194 valence electrons. The first-order valence-corrected chi connectivity index (χ1v) is 12.6. The van der Waals surface area contributed by atoms with Crippen LogP contribution in [-0.2, 0) is 4.74 Å². The molecule has 0 spiro atoms. The minimum Gasteiger partial charge on any atom is -0.508 e. The second kappa shape index (κ2) is 10.1. The lowest BCUT2D eigenvalue weighted by Gasteiger charge is -2.42. The molecule has 0 saturated carbocycles. The van der Waals surface area contributed by atoms with Crippen molar-refractivity contribution in [1.29, 1.82) is 0 Å². The summed E-state index contributed by atoms with van der Waals surface area (Å²) < 4.78 is 10.8. The van der Waals surface area contributed by atoms with E-state index in [9.17, 15) is 5.11 Å². The standard InChI is InChI=1S/C28H29N7O3/c1-37-17-38-26-5-3-2-4-23(26)24-12-25(27(29)33-32-24)34-15-20-8-9-21(16-34)35(20)28-30-13-19(14-31-28)18-6-10-22(36)11-7-18/h2-7,10-14,20-21,36H,8-9,15-17H2,1H3,(H2,29,33). The van der Waals surface area contributed by atoms with E-state index in [0.29, 0.717) is 17.3 Å². The Balaban J connectivity index is 1.22. The molecule has 3 N–H and O–H groups in total. The summed E-state index contributed by atoms with van der Waals surface area (Å²) in [6.07, 6.45) is 5.81. The van der Waals surface area contributed by atoms with Gasteiger partial charge in [-0.05, 0) is 48.7 Å². The van der Waals surface area contributed by atoms with Gasteiger partial charge in [-0.25, -0.2) is 9.97 Å². The molecule has 0 radical (unpaired) electrons. The van der Waals surface area contributed by atoms with Crippen LogP contribution in [0.2, 0.25) is 0 Å². The number of methoxy groups -OCH3 is 1. The van der Waals surface area contributed by atoms with Gasteiger partial charge >= 0.3 is 0 Å². The van der Waals surface area contributed by atoms with Crippen LogP contribution < -0.4 is 20.3 Å². The summed E-state index contributed by atoms with van der Waals surface area (Å²) >= 11 is 0. The molecule has 6 rings (SSSR count). The molecule has 10 nitrogen and oxygen atoms in total. The third kappa shape index (κ3) is 4.54. The zero-order valence-electron chi connectivity index (χ0n) is 21.1. The number of ether oxygens (including phenoxy) is 2. The van der Waals surface area contributed by atoms with Gasteiger partial charge in [-0.2, -0.15) is 0 Å². The summed E-state index contributed by atoms with van der Waals surface area (Å²) in [7, 11) is 1.59. The van der Waals surface area contributed by atoms with Gasteiger partial charge in [0.1, 0.15) is 11.5 Å². The molecule has 38 heavy (non-hydrogen) atoms. The van der Waals surface area contributed by atoms with Crippen LogP contribution in [0.15, 0.2) is 67.0 Å². The predicted octanol–water partition coefficient (Wildman–Crippen LogP) is 3.73. The number of benzene rings is 2. The van der Waals surface area contributed by atoms with Crippen molar-refractivity contribution in [3.05, 3.63) is 67.0 Å². The summed E-state index contributed by atoms with van der Waals surface area (Å²) in [6, 6.07) is 17.3. The van der Waals surface area contributed by atoms with E-state index in [1.807, 2.05) is 54.9 Å². The number of hydrogen-bond donors (Lipinski definition) is 2. The first-order chi connectivity index (χ1) is 18.6. The Morgan fingerprint density at radius 1 is 0.947 bits per heavy atom. The van der Waals surface area contributed by atoms with Crippen LogP contribution in [0, 0.1) is 0 Å². The Morgan fingerprint density at radius 3 is 2.37 bits per heavy atom. The van der Waals surface area contributed by atoms with Gasteiger partial charge in [0.2, 0.25) is 5.95 Å². The van der Waals surface area contributed by atoms with Crippen molar-refractivity contribution in [2.75, 3.05) is 42.5 Å². The number of nitrogens with two attached hydrogens (primary N) is 1. The van der Waals surface area contributed by atoms with E-state index in [4.69, 9.17) is 25.2 Å². The maximum atomic E-state index is 9.55. The van der Waals surface area contributed by atoms with Crippen molar-refractivity contribution in [3.8, 4) is 33.9 Å². The molecular weight excluding hydrogens is 482 g/mol. The van der Waals surface area contributed by atoms with Crippen molar-refractivity contribution in [2.24, 2.45) is 0 Å². The summed E-state index contributed by atoms with van der Waals surface area (Å²) in [6.45, 7) is 1.73. The monoisotopic (exact) mass is 511 g/mol. The Bertz CT molecular complexity index is 1400. The van der Waals surface area contributed by atoms with Gasteiger partial charge in [0.15, 0.2) is 12.6 Å². The smallest absolute Gasteiger partial charge is 0.225 e. The number of fused-ring (bicyclic) bond motifs is 2. The number of nitrogens with zero attached hydrogens (tertiary/aromatic N) is 6. The van der Waals surface area contributed by atoms with Crippen LogP contribution in [0.1, 0.15) is 12.8 Å². The van der Waals surface area contributed by atoms with Crippen LogP contribution >= 0.6 is 0 Å². The van der Waals surface area contributed by atoms with E-state index in [0.717, 1.165) is 54.3 Å². The molecule has 2 atom stereocenters. The van der Waals surface area contributed by atoms with Crippen molar-refractivity contribution in [1.82, 2.24) is 20.2 Å². The third-order valence-electron chi connectivity index (χ3n) is 7.19. The van der Waals surface area contributed by atoms with Gasteiger partial charge in [-0.15, -0.1) is 10.2 Å². The number of piperazine rings is 1. The van der Waals surface area contributed by atoms with Gasteiger partial charge in [0.05, 0.1) is 11.4 Å². The van der Waals surface area contributed by atoms with E-state index < -0.39 is 0 Å². The number of phenolic OH excluding ortho intramolecular Hbond substituents is 1. The molecular formula is C28H29N7O3. The number of aromatic hydroxyl groups is 1. The van der Waals surface area contributed by atoms with Crippen molar-refractivity contribution >= 4 is 17.5 Å². The zero-order chi connectivity index (χ0) is 26.1. The molecule has 2 unspecified atom stereocenters. The molecule has 0 amide bonds. The number of hydrogen-bond acceptors (Lipinski definition) is 10. The lowest BCUT2D eigenvalue weighted by Crippen LogP contribution is -2.54. The van der Waals surface area contributed by atoms with E-state index in [-0.39, 0.29) is 24.6 Å². The van der Waals surface area contributed by atoms with Crippen LogP contribution in [0.25, 0.3) is 22.4 Å². The second-order valence-electron chi connectivity index (χ2n) is 9.56. The molecule has 2 aromatic heterocycles. The molecule has 4 heterocycles. The Morgan fingerprint density at radius 2 is 1.66 bits per heavy atom. The highest BCUT2D eigenvalue weighted by atomic mass is 16.7. The largest absolute Gasteiger partial charge is 0.508 e. The molecule has 4 aromatic rings. The van der Waals surface area contributed by atoms with Crippen LogP contribution in [0.5, 0.6) is 11.5 Å². The fraction of sp³-hybridized carbons (Fsp3) is 0.286. The van der Waals surface area contributed by atoms with Gasteiger partial charge in [-0.3, -0.25) is 0 Å². The third-order valence-corrected chi connectivity index (χ3v) is 7.19. The highest BCUT2D eigenvalue weighted by Crippen LogP contribution is 2.38. The van der Waals surface area contributed by atoms with Gasteiger partial charge in [0.25, 0.3) is 0 Å². The maximum Gasteiger partial charge on any atom is 0.225 e. The lowest BCUT2D eigenvalue weighted by atomic mass is 10.1. The minimum atomic E-state index is 0.148. The number of para-hydroxylation sites is 1. The number of anilines is 3. The zero-order valence-corrected chi connectivity index (χ0v) is 21.1. The van der Waals surface area contributed by atoms with Crippen LogP contribution in [0.3, 0.4) is 0 Å². The lowest BCUT2D eigenvalue weighted by molar-refractivity contribution is 0.0515. The Labute approximate surface area is 220 Å². The average molecular weight is 512 g/mol. The number of nitrogen functional groups attached to an aromatic ring is 1. The maximum absolute atomic E-state index is 9.55. The first-order valence-electron chi connectivity index (χ1n) is 12.6. The molecule has 2 aromatic carbocycles. The quantitative estimate of drug-likeness (QED) is 0.355. The minimum absolute atomic E-state index is 0.148. The SMILES string of the molecule is COCOc1ccccc1-c1cc(N2CC3CCC(C2)N3c2ncc(-c3ccc(O)cc3)cn2)c(N)nn1. The van der Waals surface area contributed by atoms with E-state index in [1.54, 1.807) is 19.2 Å². The van der Waals surface area contributed by atoms with Gasteiger partial charge in [0, 0.05) is 55.8 Å². The molecule has 2 bridgehead atoms. The molecule has 2 fully saturated rings. The summed E-state index contributed by atoms with van der Waals surface area (Å²) in [5.41, 5.74) is 10.6. The fourth-order valence-electron chi connectivity index (χ4n) is 5.39. The number of aromatic nitrogens is 4. The van der Waals surface area contributed by atoms with Crippen molar-refractivity contribution in [2.45, 2.75) is 24.9 Å². The Kier molecular flexibility index (Phi) is 6.38. The van der Waals surface area contributed by atoms with E-state index in [1.165, 1.54) is 0 Å². The van der Waals surface area contributed by atoms with Crippen molar-refractivity contribution in [3.63, 3.8) is 0 Å². The van der Waals surface area contributed by atoms with E-state index >= 15 is 0 Å². The normalized spacial score (nSPS) is 18.6. The van der Waals surface area contributed by atoms with E-state index in [2.05, 4.69) is 20.0 Å². The van der Waals surface area contributed by atoms with Crippen LogP contribution in [-0.4, -0.2) is 64.3 Å². The molecule has 0 aliphatic carbocycles. The highest BCUT2D eigenvalue weighted by molar-refractivity contribution is 5.74. The molecule has 2 aliphatic rings. The summed E-state index contributed by atoms with van der Waals surface area (Å²) in [4.78, 5) is 14.1. The predicted molar refractivity (Wildman–Crippen MR) is 145 cm³/mol. The topological polar surface area (TPSA) is 123 Å². The first kappa shape index (κ1) is 23.9. The summed E-state index contributed by atoms with van der Waals surface area (Å²) in [5.74, 6) is 2.07. The van der Waals surface area contributed by atoms with Gasteiger partial charge < -0.3 is 30.1 Å². The average Bonchev–Trinajstić information content (AvgIpc) is 3.22. The number of phenols is 1. The summed E-state index contributed by atoms with van der Waals surface area (Å²) in [5, 5.41) is 18.2. The Hall–Kier alpha value is -4.44. The molecule has 2 aliphatic heterocycles.